The number of carbonyl (C=O) groups excluding carboxylic acids is 1. The number of nitrogens with two attached hydrogens (primary N) is 1. The summed E-state index contributed by atoms with van der Waals surface area (Å²) < 4.78 is 0. The first-order valence-corrected chi connectivity index (χ1v) is 4.47. The molecule has 0 saturated carbocycles. The van der Waals surface area contributed by atoms with Crippen molar-refractivity contribution in [2.75, 3.05) is 19.8 Å². The Balaban J connectivity index is 0.000000500. The second-order valence-electron chi connectivity index (χ2n) is 2.34. The Hall–Kier alpha value is -0.840. The largest absolute Gasteiger partial charge is 0.383 e. The van der Waals surface area contributed by atoms with E-state index >= 15 is 0 Å². The summed E-state index contributed by atoms with van der Waals surface area (Å²) in [7, 11) is 3.75. The minimum Gasteiger partial charge on any atom is -0.383 e. The third kappa shape index (κ3) is 3.91. The summed E-state index contributed by atoms with van der Waals surface area (Å²) in [4.78, 5) is 13.9. The highest BCUT2D eigenvalue weighted by Gasteiger charge is 2.05. The van der Waals surface area contributed by atoms with Crippen LogP contribution in [-0.2, 0) is 0 Å². The molecule has 0 radical (unpaired) electrons. The molecule has 0 amide bonds. The molecule has 0 atom stereocenters. The van der Waals surface area contributed by atoms with E-state index in [0.29, 0.717) is 6.29 Å². The quantitative estimate of drug-likeness (QED) is 0.574. The molecule has 0 saturated heterocycles. The third-order valence-electron chi connectivity index (χ3n) is 1.12. The van der Waals surface area contributed by atoms with Gasteiger partial charge in [0.25, 0.3) is 0 Å². The van der Waals surface area contributed by atoms with Gasteiger partial charge in [-0.25, -0.2) is 4.98 Å². The van der Waals surface area contributed by atoms with Crippen LogP contribution in [0, 0.1) is 0 Å². The summed E-state index contributed by atoms with van der Waals surface area (Å²) >= 11 is 11.1. The zero-order chi connectivity index (χ0) is 11.1. The van der Waals surface area contributed by atoms with Crippen molar-refractivity contribution in [1.82, 2.24) is 10.3 Å². The molecule has 78 valence electrons. The van der Waals surface area contributed by atoms with Crippen molar-refractivity contribution in [2.24, 2.45) is 0 Å². The number of anilines is 1. The van der Waals surface area contributed by atoms with E-state index in [0.717, 1.165) is 0 Å². The number of rotatable bonds is 1. The van der Waals surface area contributed by atoms with Gasteiger partial charge < -0.3 is 11.1 Å². The molecule has 6 heteroatoms. The Morgan fingerprint density at radius 2 is 2.00 bits per heavy atom. The first-order valence-electron chi connectivity index (χ1n) is 3.72. The Morgan fingerprint density at radius 1 is 1.50 bits per heavy atom. The molecule has 0 bridgehead atoms. The predicted molar refractivity (Wildman–Crippen MR) is 59.0 cm³/mol. The van der Waals surface area contributed by atoms with Gasteiger partial charge in [0.2, 0.25) is 0 Å². The van der Waals surface area contributed by atoms with Crippen LogP contribution in [0.15, 0.2) is 6.07 Å². The van der Waals surface area contributed by atoms with Crippen molar-refractivity contribution < 1.29 is 4.79 Å². The lowest BCUT2D eigenvalue weighted by Gasteiger charge is -1.99. The van der Waals surface area contributed by atoms with Gasteiger partial charge in [-0.05, 0) is 20.2 Å². The topological polar surface area (TPSA) is 68.0 Å². The lowest BCUT2D eigenvalue weighted by Crippen LogP contribution is -1.97. The molecule has 0 fully saturated rings. The number of carbonyl (C=O) groups is 1. The van der Waals surface area contributed by atoms with Gasteiger partial charge >= 0.3 is 0 Å². The highest BCUT2D eigenvalue weighted by molar-refractivity contribution is 6.36. The van der Waals surface area contributed by atoms with E-state index in [2.05, 4.69) is 10.3 Å². The number of aldehydes is 1. The van der Waals surface area contributed by atoms with Crippen LogP contribution in [0.3, 0.4) is 0 Å². The zero-order valence-corrected chi connectivity index (χ0v) is 9.36. The van der Waals surface area contributed by atoms with Crippen molar-refractivity contribution in [3.05, 3.63) is 21.8 Å². The maximum atomic E-state index is 10.3. The fourth-order valence-corrected chi connectivity index (χ4v) is 1.13. The van der Waals surface area contributed by atoms with Crippen LogP contribution in [-0.4, -0.2) is 25.4 Å². The van der Waals surface area contributed by atoms with Gasteiger partial charge in [-0.2, -0.15) is 0 Å². The van der Waals surface area contributed by atoms with Crippen LogP contribution in [0.2, 0.25) is 10.2 Å². The van der Waals surface area contributed by atoms with Gasteiger partial charge in [0.1, 0.15) is 11.0 Å². The summed E-state index contributed by atoms with van der Waals surface area (Å²) in [6, 6.07) is 1.36. The van der Waals surface area contributed by atoms with E-state index in [-0.39, 0.29) is 21.6 Å². The average Bonchev–Trinajstić information content (AvgIpc) is 2.04. The third-order valence-corrected chi connectivity index (χ3v) is 1.63. The number of hydrogen-bond acceptors (Lipinski definition) is 4. The van der Waals surface area contributed by atoms with Crippen LogP contribution < -0.4 is 11.1 Å². The number of aromatic nitrogens is 1. The lowest BCUT2D eigenvalue weighted by atomic mass is 10.3. The van der Waals surface area contributed by atoms with Crippen molar-refractivity contribution in [3.8, 4) is 0 Å². The maximum absolute atomic E-state index is 10.3. The van der Waals surface area contributed by atoms with Gasteiger partial charge in [-0.15, -0.1) is 0 Å². The van der Waals surface area contributed by atoms with Crippen molar-refractivity contribution in [1.29, 1.82) is 0 Å². The lowest BCUT2D eigenvalue weighted by molar-refractivity contribution is 0.112. The summed E-state index contributed by atoms with van der Waals surface area (Å²) in [5.41, 5.74) is 5.50. The van der Waals surface area contributed by atoms with Gasteiger partial charge in [0.15, 0.2) is 6.29 Å². The van der Waals surface area contributed by atoms with E-state index < -0.39 is 0 Å². The standard InChI is InChI=1S/C6H4Cl2N2O.C2H7N/c7-4-1-5(8)10-6(9)3(4)2-11;1-3-2/h1-2H,(H2,9,10);3H,1-2H3. The van der Waals surface area contributed by atoms with Crippen LogP contribution in [0.1, 0.15) is 10.4 Å². The minimum absolute atomic E-state index is 0.0532. The molecule has 1 heterocycles. The molecule has 0 aliphatic rings. The highest BCUT2D eigenvalue weighted by atomic mass is 35.5. The first kappa shape index (κ1) is 13.2. The Kier molecular flexibility index (Phi) is 6.19. The summed E-state index contributed by atoms with van der Waals surface area (Å²) in [6.07, 6.45) is 0.543. The minimum atomic E-state index is 0.0532. The van der Waals surface area contributed by atoms with Crippen LogP contribution in [0.5, 0.6) is 0 Å². The number of halogens is 2. The fourth-order valence-electron chi connectivity index (χ4n) is 0.629. The monoisotopic (exact) mass is 235 g/mol. The first-order chi connectivity index (χ1) is 6.56. The van der Waals surface area contributed by atoms with Crippen molar-refractivity contribution in [2.45, 2.75) is 0 Å². The van der Waals surface area contributed by atoms with E-state index in [1.54, 1.807) is 0 Å². The number of nitrogens with one attached hydrogen (secondary N) is 1. The molecular weight excluding hydrogens is 225 g/mol. The van der Waals surface area contributed by atoms with Crippen LogP contribution in [0.25, 0.3) is 0 Å². The van der Waals surface area contributed by atoms with Gasteiger partial charge in [-0.3, -0.25) is 4.79 Å². The van der Waals surface area contributed by atoms with Gasteiger partial charge in [0.05, 0.1) is 10.6 Å². The van der Waals surface area contributed by atoms with Crippen molar-refractivity contribution in [3.63, 3.8) is 0 Å². The molecular formula is C8H11Cl2N3O. The number of nitrogens with zero attached hydrogens (tertiary/aromatic N) is 1. The molecule has 4 nitrogen and oxygen atoms in total. The smallest absolute Gasteiger partial charge is 0.155 e. The predicted octanol–water partition coefficient (Wildman–Crippen LogP) is 1.62. The molecule has 0 aliphatic heterocycles. The zero-order valence-electron chi connectivity index (χ0n) is 7.84. The number of pyridine rings is 1. The average molecular weight is 236 g/mol. The Labute approximate surface area is 92.4 Å². The summed E-state index contributed by atoms with van der Waals surface area (Å²) in [5, 5.41) is 3.15. The van der Waals surface area contributed by atoms with E-state index in [9.17, 15) is 4.79 Å². The van der Waals surface area contributed by atoms with Gasteiger partial charge in [0, 0.05) is 0 Å². The SMILES string of the molecule is CNC.Nc1nc(Cl)cc(Cl)c1C=O. The van der Waals surface area contributed by atoms with Crippen molar-refractivity contribution >= 4 is 35.3 Å². The molecule has 0 aromatic carbocycles. The van der Waals surface area contributed by atoms with Gasteiger partial charge in [-0.1, -0.05) is 23.2 Å². The van der Waals surface area contributed by atoms with E-state index in [4.69, 9.17) is 28.9 Å². The molecule has 1 aromatic heterocycles. The molecule has 0 aliphatic carbocycles. The number of nitrogen functional groups attached to an aromatic ring is 1. The summed E-state index contributed by atoms with van der Waals surface area (Å²) in [6.45, 7) is 0. The second kappa shape index (κ2) is 6.59. The molecule has 3 N–H and O–H groups in total. The molecule has 14 heavy (non-hydrogen) atoms. The van der Waals surface area contributed by atoms with Crippen LogP contribution >= 0.6 is 23.2 Å². The van der Waals surface area contributed by atoms with E-state index in [1.165, 1.54) is 6.07 Å². The second-order valence-corrected chi connectivity index (χ2v) is 3.14. The Morgan fingerprint density at radius 3 is 2.36 bits per heavy atom. The fraction of sp³-hybridized carbons (Fsp3) is 0.250. The normalized spacial score (nSPS) is 8.86. The molecule has 1 rings (SSSR count). The Bertz CT molecular complexity index is 294. The molecule has 0 unspecified atom stereocenters. The highest BCUT2D eigenvalue weighted by Crippen LogP contribution is 2.21. The summed E-state index contributed by atoms with van der Waals surface area (Å²) in [5.74, 6) is 0.0532. The molecule has 0 spiro atoms. The number of hydrogen-bond donors (Lipinski definition) is 2. The maximum Gasteiger partial charge on any atom is 0.155 e. The molecule has 1 aromatic rings. The van der Waals surface area contributed by atoms with Crippen LogP contribution in [0.4, 0.5) is 5.82 Å². The van der Waals surface area contributed by atoms with E-state index in [1.807, 2.05) is 14.1 Å².